The first-order valence-electron chi connectivity index (χ1n) is 7.51. The van der Waals surface area contributed by atoms with Crippen LogP contribution in [0.3, 0.4) is 0 Å². The molecule has 1 aliphatic heterocycles. The lowest BCUT2D eigenvalue weighted by molar-refractivity contribution is -0.139. The first kappa shape index (κ1) is 18.3. The molecule has 2 amide bonds. The van der Waals surface area contributed by atoms with E-state index in [1.54, 1.807) is 6.92 Å². The Morgan fingerprint density at radius 3 is 2.67 bits per heavy atom. The van der Waals surface area contributed by atoms with Gasteiger partial charge in [-0.25, -0.2) is 18.4 Å². The van der Waals surface area contributed by atoms with Crippen molar-refractivity contribution in [2.75, 3.05) is 12.4 Å². The number of halogens is 2. The van der Waals surface area contributed by atoms with Crippen LogP contribution in [0, 0.1) is 11.6 Å². The van der Waals surface area contributed by atoms with E-state index in [0.29, 0.717) is 22.6 Å². The minimum atomic E-state index is -0.944. The zero-order valence-electron chi connectivity index (χ0n) is 13.3. The van der Waals surface area contributed by atoms with Crippen LogP contribution in [0.1, 0.15) is 20.3 Å². The van der Waals surface area contributed by atoms with Crippen molar-refractivity contribution in [2.24, 2.45) is 0 Å². The number of benzene rings is 1. The molecule has 0 bridgehead atoms. The van der Waals surface area contributed by atoms with E-state index in [4.69, 9.17) is 4.74 Å². The summed E-state index contributed by atoms with van der Waals surface area (Å²) in [4.78, 5) is 24.4. The Hall–Kier alpha value is -2.09. The van der Waals surface area contributed by atoms with Crippen LogP contribution in [-0.2, 0) is 9.53 Å². The van der Waals surface area contributed by atoms with Crippen LogP contribution in [0.5, 0.6) is 0 Å². The number of amides is 2. The molecule has 1 aliphatic rings. The smallest absolute Gasteiger partial charge is 0.337 e. The number of urea groups is 1. The molecule has 1 heterocycles. The predicted octanol–water partition coefficient (Wildman–Crippen LogP) is 2.97. The van der Waals surface area contributed by atoms with Crippen molar-refractivity contribution in [3.63, 3.8) is 0 Å². The number of hydrogen-bond acceptors (Lipinski definition) is 4. The summed E-state index contributed by atoms with van der Waals surface area (Å²) >= 11 is 1.19. The summed E-state index contributed by atoms with van der Waals surface area (Å²) in [5.74, 6) is -2.14. The highest BCUT2D eigenvalue weighted by molar-refractivity contribution is 7.99. The summed E-state index contributed by atoms with van der Waals surface area (Å²) in [6.45, 7) is 3.76. The summed E-state index contributed by atoms with van der Waals surface area (Å²) in [6, 6.07) is 2.70. The molecule has 130 valence electrons. The molecule has 5 nitrogen and oxygen atoms in total. The third kappa shape index (κ3) is 4.25. The standard InChI is InChI=1S/C16H18F2N2O3S/c1-3-12-14(15(21)23-4-2)13(20-16(22)19-12)8-24-9-5-6-10(17)11(18)7-9/h5-7,12H,3-4,8H2,1-2H3,(H2,19,20,22)/t12-/m1/s1. The summed E-state index contributed by atoms with van der Waals surface area (Å²) in [5, 5.41) is 5.28. The average molecular weight is 356 g/mol. The third-order valence-corrected chi connectivity index (χ3v) is 4.44. The SMILES string of the molecule is CCOC(=O)C1=C(CSc2ccc(F)c(F)c2)NC(=O)N[C@@H]1CC. The lowest BCUT2D eigenvalue weighted by Crippen LogP contribution is -2.50. The highest BCUT2D eigenvalue weighted by Crippen LogP contribution is 2.25. The molecular formula is C16H18F2N2O3S. The summed E-state index contributed by atoms with van der Waals surface area (Å²) in [6.07, 6.45) is 0.529. The van der Waals surface area contributed by atoms with Crippen LogP contribution in [0.15, 0.2) is 34.4 Å². The Kier molecular flexibility index (Phi) is 6.19. The maximum absolute atomic E-state index is 13.3. The van der Waals surface area contributed by atoms with Gasteiger partial charge in [-0.1, -0.05) is 6.92 Å². The van der Waals surface area contributed by atoms with Gasteiger partial charge in [-0.05, 0) is 31.5 Å². The van der Waals surface area contributed by atoms with Crippen molar-refractivity contribution in [1.29, 1.82) is 0 Å². The predicted molar refractivity (Wildman–Crippen MR) is 86.5 cm³/mol. The van der Waals surface area contributed by atoms with Crippen LogP contribution in [0.2, 0.25) is 0 Å². The molecule has 8 heteroatoms. The van der Waals surface area contributed by atoms with E-state index in [1.165, 1.54) is 17.8 Å². The van der Waals surface area contributed by atoms with Gasteiger partial charge in [-0.2, -0.15) is 0 Å². The van der Waals surface area contributed by atoms with Gasteiger partial charge in [0.05, 0.1) is 18.2 Å². The zero-order valence-corrected chi connectivity index (χ0v) is 14.1. The largest absolute Gasteiger partial charge is 0.463 e. The lowest BCUT2D eigenvalue weighted by Gasteiger charge is -2.28. The molecule has 1 aromatic carbocycles. The number of rotatable bonds is 6. The molecule has 0 spiro atoms. The first-order valence-corrected chi connectivity index (χ1v) is 8.50. The second-order valence-corrected chi connectivity index (χ2v) is 6.09. The molecule has 0 unspecified atom stereocenters. The molecule has 24 heavy (non-hydrogen) atoms. The molecule has 0 fully saturated rings. The van der Waals surface area contributed by atoms with Crippen molar-refractivity contribution in [2.45, 2.75) is 31.2 Å². The number of carbonyl (C=O) groups excluding carboxylic acids is 2. The number of carbonyl (C=O) groups is 2. The van der Waals surface area contributed by atoms with Gasteiger partial charge in [0, 0.05) is 16.3 Å². The van der Waals surface area contributed by atoms with Gasteiger partial charge in [0.1, 0.15) is 0 Å². The van der Waals surface area contributed by atoms with E-state index in [0.717, 1.165) is 12.1 Å². The van der Waals surface area contributed by atoms with Gasteiger partial charge >= 0.3 is 12.0 Å². The van der Waals surface area contributed by atoms with E-state index in [9.17, 15) is 18.4 Å². The van der Waals surface area contributed by atoms with Gasteiger partial charge in [-0.15, -0.1) is 11.8 Å². The van der Waals surface area contributed by atoms with Crippen molar-refractivity contribution in [3.8, 4) is 0 Å². The molecule has 1 atom stereocenters. The van der Waals surface area contributed by atoms with E-state index in [-0.39, 0.29) is 12.4 Å². The number of nitrogens with one attached hydrogen (secondary N) is 2. The minimum absolute atomic E-state index is 0.219. The van der Waals surface area contributed by atoms with Crippen molar-refractivity contribution >= 4 is 23.8 Å². The minimum Gasteiger partial charge on any atom is -0.463 e. The number of esters is 1. The van der Waals surface area contributed by atoms with E-state index in [1.807, 2.05) is 6.92 Å². The normalized spacial score (nSPS) is 17.3. The summed E-state index contributed by atoms with van der Waals surface area (Å²) in [7, 11) is 0. The van der Waals surface area contributed by atoms with Gasteiger partial charge in [0.15, 0.2) is 11.6 Å². The Labute approximate surface area is 142 Å². The Bertz CT molecular complexity index is 679. The molecule has 0 aromatic heterocycles. The maximum Gasteiger partial charge on any atom is 0.337 e. The fraction of sp³-hybridized carbons (Fsp3) is 0.375. The van der Waals surface area contributed by atoms with Crippen LogP contribution in [-0.4, -0.2) is 30.4 Å². The fourth-order valence-corrected chi connectivity index (χ4v) is 3.19. The molecule has 0 saturated carbocycles. The third-order valence-electron chi connectivity index (χ3n) is 3.42. The second kappa shape index (κ2) is 8.14. The number of thioether (sulfide) groups is 1. The summed E-state index contributed by atoms with van der Waals surface area (Å²) in [5.41, 5.74) is 0.771. The van der Waals surface area contributed by atoms with Gasteiger partial charge in [0.25, 0.3) is 0 Å². The average Bonchev–Trinajstić information content (AvgIpc) is 2.55. The highest BCUT2D eigenvalue weighted by Gasteiger charge is 2.31. The molecule has 0 radical (unpaired) electrons. The molecule has 1 aromatic rings. The van der Waals surface area contributed by atoms with Crippen LogP contribution in [0.4, 0.5) is 13.6 Å². The van der Waals surface area contributed by atoms with Crippen molar-refractivity contribution < 1.29 is 23.1 Å². The Morgan fingerprint density at radius 2 is 2.04 bits per heavy atom. The van der Waals surface area contributed by atoms with Crippen LogP contribution >= 0.6 is 11.8 Å². The van der Waals surface area contributed by atoms with Gasteiger partial charge in [0.2, 0.25) is 0 Å². The van der Waals surface area contributed by atoms with Gasteiger partial charge < -0.3 is 15.4 Å². The van der Waals surface area contributed by atoms with Crippen LogP contribution < -0.4 is 10.6 Å². The summed E-state index contributed by atoms with van der Waals surface area (Å²) < 4.78 is 31.3. The van der Waals surface area contributed by atoms with E-state index < -0.39 is 29.7 Å². The lowest BCUT2D eigenvalue weighted by atomic mass is 10.0. The molecular weight excluding hydrogens is 338 g/mol. The van der Waals surface area contributed by atoms with E-state index in [2.05, 4.69) is 10.6 Å². The van der Waals surface area contributed by atoms with Crippen molar-refractivity contribution in [1.82, 2.24) is 10.6 Å². The maximum atomic E-state index is 13.3. The van der Waals surface area contributed by atoms with E-state index >= 15 is 0 Å². The Morgan fingerprint density at radius 1 is 1.29 bits per heavy atom. The highest BCUT2D eigenvalue weighted by atomic mass is 32.2. The topological polar surface area (TPSA) is 67.4 Å². The molecule has 2 rings (SSSR count). The first-order chi connectivity index (χ1) is 11.5. The zero-order chi connectivity index (χ0) is 17.7. The fourth-order valence-electron chi connectivity index (χ4n) is 2.30. The Balaban J connectivity index is 2.24. The molecule has 0 saturated heterocycles. The molecule has 2 N–H and O–H groups in total. The number of ether oxygens (including phenoxy) is 1. The second-order valence-electron chi connectivity index (χ2n) is 5.04. The van der Waals surface area contributed by atoms with Crippen LogP contribution in [0.25, 0.3) is 0 Å². The molecule has 0 aliphatic carbocycles. The van der Waals surface area contributed by atoms with Crippen molar-refractivity contribution in [3.05, 3.63) is 41.1 Å². The van der Waals surface area contributed by atoms with Gasteiger partial charge in [-0.3, -0.25) is 0 Å². The quantitative estimate of drug-likeness (QED) is 0.607. The monoisotopic (exact) mass is 356 g/mol. The number of hydrogen-bond donors (Lipinski definition) is 2.